The summed E-state index contributed by atoms with van der Waals surface area (Å²) in [7, 11) is 0. The van der Waals surface area contributed by atoms with Crippen LogP contribution in [0.3, 0.4) is 0 Å². The van der Waals surface area contributed by atoms with E-state index in [-0.39, 0.29) is 16.0 Å². The fourth-order valence-electron chi connectivity index (χ4n) is 2.54. The number of aryl methyl sites for hydroxylation is 2. The van der Waals surface area contributed by atoms with Crippen molar-refractivity contribution in [3.8, 4) is 11.5 Å². The highest BCUT2D eigenvalue weighted by Gasteiger charge is 2.07. The predicted molar refractivity (Wildman–Crippen MR) is 115 cm³/mol. The van der Waals surface area contributed by atoms with Crippen LogP contribution in [0.15, 0.2) is 52.4 Å². The Morgan fingerprint density at radius 3 is 2.62 bits per heavy atom. The summed E-state index contributed by atoms with van der Waals surface area (Å²) in [5.74, 6) is 1.24. The zero-order chi connectivity index (χ0) is 20.8. The van der Waals surface area contributed by atoms with Crippen molar-refractivity contribution in [3.63, 3.8) is 0 Å². The Bertz CT molecular complexity index is 1130. The number of rotatable bonds is 7. The Labute approximate surface area is 173 Å². The summed E-state index contributed by atoms with van der Waals surface area (Å²) in [5.41, 5.74) is 2.94. The summed E-state index contributed by atoms with van der Waals surface area (Å²) in [6.45, 7) is 6.48. The predicted octanol–water partition coefficient (Wildman–Crippen LogP) is 3.78. The van der Waals surface area contributed by atoms with Gasteiger partial charge in [-0.05, 0) is 62.3 Å². The van der Waals surface area contributed by atoms with Gasteiger partial charge >= 0.3 is 0 Å². The molecule has 7 nitrogen and oxygen atoms in total. The molecule has 0 aliphatic heterocycles. The van der Waals surface area contributed by atoms with Crippen LogP contribution in [0, 0.1) is 18.6 Å². The zero-order valence-electron chi connectivity index (χ0n) is 16.5. The highest BCUT2D eigenvalue weighted by Crippen LogP contribution is 2.29. The summed E-state index contributed by atoms with van der Waals surface area (Å²) in [5, 5.41) is 10.6. The molecule has 0 aliphatic rings. The molecule has 0 atom stereocenters. The summed E-state index contributed by atoms with van der Waals surface area (Å²) >= 11 is 5.08. The Morgan fingerprint density at radius 1 is 1.14 bits per heavy atom. The van der Waals surface area contributed by atoms with E-state index in [1.54, 1.807) is 6.92 Å². The molecule has 29 heavy (non-hydrogen) atoms. The molecule has 0 unspecified atom stereocenters. The second-order valence-corrected chi connectivity index (χ2v) is 6.78. The molecule has 0 amide bonds. The number of aromatic nitrogens is 3. The van der Waals surface area contributed by atoms with Crippen molar-refractivity contribution in [1.82, 2.24) is 14.9 Å². The minimum atomic E-state index is -0.368. The van der Waals surface area contributed by atoms with Crippen LogP contribution < -0.4 is 15.0 Å². The number of nitrogens with one attached hydrogen (secondary N) is 1. The fourth-order valence-corrected chi connectivity index (χ4v) is 2.72. The molecule has 0 saturated carbocycles. The van der Waals surface area contributed by atoms with Crippen LogP contribution in [-0.4, -0.2) is 27.7 Å². The van der Waals surface area contributed by atoms with Crippen molar-refractivity contribution >= 4 is 18.4 Å². The number of hydrogen-bond donors (Lipinski definition) is 1. The van der Waals surface area contributed by atoms with Gasteiger partial charge in [0.05, 0.1) is 12.8 Å². The largest absolute Gasteiger partial charge is 0.490 e. The number of ether oxygens (including phenoxy) is 2. The first-order chi connectivity index (χ1) is 14.0. The number of hydrogen-bond acceptors (Lipinski definition) is 6. The number of benzene rings is 2. The van der Waals surface area contributed by atoms with E-state index >= 15 is 0 Å². The van der Waals surface area contributed by atoms with Crippen LogP contribution in [0.2, 0.25) is 0 Å². The van der Waals surface area contributed by atoms with Gasteiger partial charge in [0.25, 0.3) is 5.56 Å². The average Bonchev–Trinajstić information content (AvgIpc) is 2.71. The second-order valence-electron chi connectivity index (χ2n) is 6.39. The first kappa shape index (κ1) is 20.5. The Morgan fingerprint density at radius 2 is 1.90 bits per heavy atom. The topological polar surface area (TPSA) is 81.5 Å². The standard InChI is InChI=1S/C21H22N4O3S/c1-4-27-19-11-17(12-22-25-20(26)15(3)23-24-21(25)29)9-10-18(19)28-13-16-7-5-14(2)6-8-16/h5-12H,4,13H2,1-3H3,(H,24,29)/b22-12-. The van der Waals surface area contributed by atoms with Crippen molar-refractivity contribution in [2.45, 2.75) is 27.4 Å². The molecule has 1 heterocycles. The average molecular weight is 410 g/mol. The lowest BCUT2D eigenvalue weighted by Crippen LogP contribution is -2.22. The molecule has 0 aliphatic carbocycles. The maximum absolute atomic E-state index is 12.1. The Hall–Kier alpha value is -3.26. The molecule has 150 valence electrons. The molecule has 8 heteroatoms. The van der Waals surface area contributed by atoms with Gasteiger partial charge in [0.1, 0.15) is 12.3 Å². The van der Waals surface area contributed by atoms with E-state index in [1.165, 1.54) is 11.8 Å². The van der Waals surface area contributed by atoms with Gasteiger partial charge in [0, 0.05) is 0 Å². The lowest BCUT2D eigenvalue weighted by molar-refractivity contribution is 0.269. The van der Waals surface area contributed by atoms with E-state index < -0.39 is 0 Å². The third-order valence-corrected chi connectivity index (χ3v) is 4.38. The lowest BCUT2D eigenvalue weighted by Gasteiger charge is -2.13. The smallest absolute Gasteiger partial charge is 0.296 e. The van der Waals surface area contributed by atoms with E-state index in [2.05, 4.69) is 27.4 Å². The van der Waals surface area contributed by atoms with Crippen molar-refractivity contribution < 1.29 is 9.47 Å². The molecule has 1 N–H and O–H groups in total. The summed E-state index contributed by atoms with van der Waals surface area (Å²) in [4.78, 5) is 12.1. The first-order valence-corrected chi connectivity index (χ1v) is 9.56. The van der Waals surface area contributed by atoms with E-state index in [9.17, 15) is 4.79 Å². The van der Waals surface area contributed by atoms with Crippen LogP contribution in [0.25, 0.3) is 0 Å². The summed E-state index contributed by atoms with van der Waals surface area (Å²) in [6, 6.07) is 13.6. The number of H-pyrrole nitrogens is 1. The van der Waals surface area contributed by atoms with Gasteiger partial charge < -0.3 is 9.47 Å². The minimum absolute atomic E-state index is 0.125. The summed E-state index contributed by atoms with van der Waals surface area (Å²) in [6.07, 6.45) is 1.54. The van der Waals surface area contributed by atoms with Crippen LogP contribution in [0.1, 0.15) is 29.3 Å². The fraction of sp³-hybridized carbons (Fsp3) is 0.238. The zero-order valence-corrected chi connectivity index (χ0v) is 17.3. The van der Waals surface area contributed by atoms with Crippen LogP contribution in [0.5, 0.6) is 11.5 Å². The molecule has 0 saturated heterocycles. The van der Waals surface area contributed by atoms with E-state index in [0.717, 1.165) is 15.8 Å². The minimum Gasteiger partial charge on any atom is -0.490 e. The maximum atomic E-state index is 12.1. The molecule has 3 rings (SSSR count). The van der Waals surface area contributed by atoms with Gasteiger partial charge in [-0.3, -0.25) is 9.89 Å². The van der Waals surface area contributed by atoms with Crippen LogP contribution in [-0.2, 0) is 6.61 Å². The first-order valence-electron chi connectivity index (χ1n) is 9.16. The third-order valence-electron chi connectivity index (χ3n) is 4.12. The quantitative estimate of drug-likeness (QED) is 0.474. The van der Waals surface area contributed by atoms with Gasteiger partial charge in [-0.1, -0.05) is 29.8 Å². The number of aromatic amines is 1. The maximum Gasteiger partial charge on any atom is 0.296 e. The van der Waals surface area contributed by atoms with E-state index in [1.807, 2.05) is 44.2 Å². The molecule has 2 aromatic carbocycles. The highest BCUT2D eigenvalue weighted by atomic mass is 32.1. The van der Waals surface area contributed by atoms with Gasteiger partial charge in [-0.25, -0.2) is 0 Å². The lowest BCUT2D eigenvalue weighted by atomic mass is 10.2. The van der Waals surface area contributed by atoms with Gasteiger partial charge in [0.2, 0.25) is 4.77 Å². The molecule has 0 radical (unpaired) electrons. The summed E-state index contributed by atoms with van der Waals surface area (Å²) < 4.78 is 12.9. The molecular formula is C21H22N4O3S. The highest BCUT2D eigenvalue weighted by molar-refractivity contribution is 7.71. The normalized spacial score (nSPS) is 11.0. The molecule has 3 aromatic rings. The monoisotopic (exact) mass is 410 g/mol. The van der Waals surface area contributed by atoms with Gasteiger partial charge in [-0.15, -0.1) is 0 Å². The molecular weight excluding hydrogens is 388 g/mol. The van der Waals surface area contributed by atoms with Crippen molar-refractivity contribution in [2.24, 2.45) is 5.10 Å². The molecule has 0 fully saturated rings. The van der Waals surface area contributed by atoms with E-state index in [0.29, 0.717) is 24.7 Å². The molecule has 0 spiro atoms. The van der Waals surface area contributed by atoms with Crippen molar-refractivity contribution in [1.29, 1.82) is 0 Å². The Kier molecular flexibility index (Phi) is 6.56. The van der Waals surface area contributed by atoms with E-state index in [4.69, 9.17) is 21.7 Å². The second kappa shape index (κ2) is 9.29. The SMILES string of the molecule is CCOc1cc(/C=N\n2c(=S)[nH]nc(C)c2=O)ccc1OCc1ccc(C)cc1. The van der Waals surface area contributed by atoms with Crippen molar-refractivity contribution in [2.75, 3.05) is 6.61 Å². The van der Waals surface area contributed by atoms with Crippen molar-refractivity contribution in [3.05, 3.63) is 80.0 Å². The number of nitrogens with zero attached hydrogens (tertiary/aromatic N) is 3. The van der Waals surface area contributed by atoms with Gasteiger partial charge in [-0.2, -0.15) is 14.9 Å². The Balaban J connectivity index is 1.82. The van der Waals surface area contributed by atoms with Crippen LogP contribution >= 0.6 is 12.2 Å². The van der Waals surface area contributed by atoms with Gasteiger partial charge in [0.15, 0.2) is 11.5 Å². The van der Waals surface area contributed by atoms with Crippen LogP contribution in [0.4, 0.5) is 0 Å². The molecule has 1 aromatic heterocycles. The third kappa shape index (κ3) is 5.17. The molecule has 0 bridgehead atoms.